The lowest BCUT2D eigenvalue weighted by Gasteiger charge is -2.16. The average Bonchev–Trinajstić information content (AvgIpc) is 3.86. The fourth-order valence-corrected chi connectivity index (χ4v) is 7.61. The van der Waals surface area contributed by atoms with Gasteiger partial charge in [0.25, 0.3) is 0 Å². The number of hydrogen-bond acceptors (Lipinski definition) is 4. The van der Waals surface area contributed by atoms with Gasteiger partial charge in [0.1, 0.15) is 17.2 Å². The molecule has 3 heterocycles. The van der Waals surface area contributed by atoms with Crippen molar-refractivity contribution in [2.75, 3.05) is 0 Å². The fraction of sp³-hybridized carbons (Fsp3) is 0. The SMILES string of the molecule is [C-]#[N+]c1ccc2c(c1)c1ccccc1n2-c1c(C#N)cccc1-c1ccc2oc3c(ccc4c5cc(-c6ccccc6C#N)ccc5oc43)c2c1. The van der Waals surface area contributed by atoms with Gasteiger partial charge in [0, 0.05) is 32.5 Å². The van der Waals surface area contributed by atoms with E-state index in [1.54, 1.807) is 0 Å². The summed E-state index contributed by atoms with van der Waals surface area (Å²) in [5.41, 5.74) is 10.9. The summed E-state index contributed by atoms with van der Waals surface area (Å²) < 4.78 is 15.1. The largest absolute Gasteiger partial charge is 0.452 e. The van der Waals surface area contributed by atoms with E-state index >= 15 is 0 Å². The van der Waals surface area contributed by atoms with Crippen LogP contribution in [0.1, 0.15) is 11.1 Å². The lowest BCUT2D eigenvalue weighted by molar-refractivity contribution is 0.633. The highest BCUT2D eigenvalue weighted by Gasteiger charge is 2.21. The molecule has 0 saturated heterocycles. The van der Waals surface area contributed by atoms with E-state index in [4.69, 9.17) is 15.4 Å². The van der Waals surface area contributed by atoms with Crippen LogP contribution >= 0.6 is 0 Å². The van der Waals surface area contributed by atoms with Crippen LogP contribution in [0.2, 0.25) is 0 Å². The average molecular weight is 651 g/mol. The minimum absolute atomic E-state index is 0.544. The molecule has 3 aromatic heterocycles. The van der Waals surface area contributed by atoms with Crippen molar-refractivity contribution in [3.63, 3.8) is 0 Å². The van der Waals surface area contributed by atoms with Crippen molar-refractivity contribution in [3.05, 3.63) is 156 Å². The predicted octanol–water partition coefficient (Wildman–Crippen LogP) is 12.2. The Morgan fingerprint density at radius 1 is 0.510 bits per heavy atom. The molecule has 0 fully saturated rings. The normalized spacial score (nSPS) is 11.5. The van der Waals surface area contributed by atoms with Gasteiger partial charge in [-0.1, -0.05) is 66.7 Å². The van der Waals surface area contributed by atoms with Gasteiger partial charge in [-0.2, -0.15) is 10.5 Å². The number of fused-ring (bicyclic) bond motifs is 10. The van der Waals surface area contributed by atoms with Gasteiger partial charge in [0.2, 0.25) is 0 Å². The zero-order valence-electron chi connectivity index (χ0n) is 26.8. The lowest BCUT2D eigenvalue weighted by atomic mass is 9.97. The van der Waals surface area contributed by atoms with Crippen LogP contribution in [0, 0.1) is 29.2 Å². The third-order valence-corrected chi connectivity index (χ3v) is 9.91. The van der Waals surface area contributed by atoms with Gasteiger partial charge in [0.05, 0.1) is 40.5 Å². The molecule has 51 heavy (non-hydrogen) atoms. The number of furan rings is 2. The van der Waals surface area contributed by atoms with Crippen molar-refractivity contribution in [3.8, 4) is 40.1 Å². The summed E-state index contributed by atoms with van der Waals surface area (Å²) in [5, 5.41) is 25.8. The molecule has 0 aliphatic heterocycles. The Hall–Kier alpha value is -7.59. The number of para-hydroxylation sites is 2. The van der Waals surface area contributed by atoms with Gasteiger partial charge in [-0.15, -0.1) is 0 Å². The Morgan fingerprint density at radius 3 is 1.82 bits per heavy atom. The molecule has 0 N–H and O–H groups in total. The third-order valence-electron chi connectivity index (χ3n) is 9.91. The Morgan fingerprint density at radius 2 is 1.12 bits per heavy atom. The highest BCUT2D eigenvalue weighted by Crippen LogP contribution is 2.43. The van der Waals surface area contributed by atoms with Crippen molar-refractivity contribution in [2.45, 2.75) is 0 Å². The van der Waals surface area contributed by atoms with E-state index in [1.807, 2.05) is 97.1 Å². The first-order chi connectivity index (χ1) is 25.1. The molecule has 0 radical (unpaired) electrons. The van der Waals surface area contributed by atoms with Crippen LogP contribution < -0.4 is 0 Å². The molecule has 10 aromatic rings. The second kappa shape index (κ2) is 10.7. The van der Waals surface area contributed by atoms with Crippen LogP contribution in [0.15, 0.2) is 142 Å². The zero-order valence-corrected chi connectivity index (χ0v) is 26.8. The van der Waals surface area contributed by atoms with Gasteiger partial charge < -0.3 is 13.4 Å². The van der Waals surface area contributed by atoms with E-state index in [1.165, 1.54) is 0 Å². The van der Waals surface area contributed by atoms with Crippen LogP contribution in [0.25, 0.3) is 98.5 Å². The maximum absolute atomic E-state index is 10.4. The maximum atomic E-state index is 10.4. The Kier molecular flexibility index (Phi) is 5.97. The number of hydrogen-bond donors (Lipinski definition) is 0. The Bertz CT molecular complexity index is 3250. The molecule has 6 heteroatoms. The number of rotatable bonds is 3. The summed E-state index contributed by atoms with van der Waals surface area (Å²) in [6.45, 7) is 7.60. The first kappa shape index (κ1) is 28.4. The van der Waals surface area contributed by atoms with Crippen LogP contribution in [-0.4, -0.2) is 4.57 Å². The molecule has 0 saturated carbocycles. The van der Waals surface area contributed by atoms with Gasteiger partial charge in [0.15, 0.2) is 16.9 Å². The highest BCUT2D eigenvalue weighted by atomic mass is 16.4. The molecular formula is C45H22N4O2. The van der Waals surface area contributed by atoms with Crippen LogP contribution in [0.4, 0.5) is 5.69 Å². The molecule has 0 aliphatic carbocycles. The maximum Gasteiger partial charge on any atom is 0.188 e. The van der Waals surface area contributed by atoms with Crippen molar-refractivity contribution < 1.29 is 8.83 Å². The van der Waals surface area contributed by atoms with Crippen LogP contribution in [0.3, 0.4) is 0 Å². The van der Waals surface area contributed by atoms with Crippen LogP contribution in [0.5, 0.6) is 0 Å². The molecule has 6 nitrogen and oxygen atoms in total. The second-order valence-corrected chi connectivity index (χ2v) is 12.6. The highest BCUT2D eigenvalue weighted by molar-refractivity contribution is 6.20. The summed E-state index contributed by atoms with van der Waals surface area (Å²) >= 11 is 0. The smallest absolute Gasteiger partial charge is 0.188 e. The lowest BCUT2D eigenvalue weighted by Crippen LogP contribution is -2.00. The standard InChI is InChI=1S/C45H22N4O2/c1-48-30-15-18-40-36(23-30)33-10-4-5-12-39(33)49(40)43-29(25-47)8-6-11-32(43)27-14-20-42-38(22-27)35-17-16-34-37-21-26(31-9-3-2-7-28(31)24-46)13-19-41(37)50-44(34)45(35)51-42/h2-23H. The summed E-state index contributed by atoms with van der Waals surface area (Å²) in [4.78, 5) is 3.67. The number of benzene rings is 7. The van der Waals surface area contributed by atoms with E-state index < -0.39 is 0 Å². The Labute approximate surface area is 290 Å². The molecule has 0 amide bonds. The quantitative estimate of drug-likeness (QED) is 0.178. The zero-order chi connectivity index (χ0) is 34.2. The van der Waals surface area contributed by atoms with E-state index in [0.29, 0.717) is 28.0 Å². The second-order valence-electron chi connectivity index (χ2n) is 12.6. The summed E-state index contributed by atoms with van der Waals surface area (Å²) in [5.74, 6) is 0. The summed E-state index contributed by atoms with van der Waals surface area (Å²) in [6, 6.07) is 48.3. The molecule has 7 aromatic carbocycles. The molecule has 0 atom stereocenters. The van der Waals surface area contributed by atoms with Gasteiger partial charge in [-0.05, 0) is 88.8 Å². The van der Waals surface area contributed by atoms with Gasteiger partial charge in [-0.25, -0.2) is 4.85 Å². The molecule has 234 valence electrons. The van der Waals surface area contributed by atoms with Crippen LogP contribution in [-0.2, 0) is 0 Å². The number of nitrogens with zero attached hydrogens (tertiary/aromatic N) is 4. The molecule has 10 rings (SSSR count). The first-order valence-corrected chi connectivity index (χ1v) is 16.4. The van der Waals surface area contributed by atoms with Crippen molar-refractivity contribution in [1.82, 2.24) is 4.57 Å². The molecule has 0 unspecified atom stereocenters. The predicted molar refractivity (Wildman–Crippen MR) is 202 cm³/mol. The summed E-state index contributed by atoms with van der Waals surface area (Å²) in [6.07, 6.45) is 0. The van der Waals surface area contributed by atoms with E-state index in [-0.39, 0.29) is 0 Å². The van der Waals surface area contributed by atoms with Crippen molar-refractivity contribution in [2.24, 2.45) is 0 Å². The fourth-order valence-electron chi connectivity index (χ4n) is 7.61. The molecule has 0 bridgehead atoms. The first-order valence-electron chi connectivity index (χ1n) is 16.4. The molecular weight excluding hydrogens is 629 g/mol. The Balaban J connectivity index is 1.18. The van der Waals surface area contributed by atoms with Gasteiger partial charge >= 0.3 is 0 Å². The summed E-state index contributed by atoms with van der Waals surface area (Å²) in [7, 11) is 0. The monoisotopic (exact) mass is 650 g/mol. The minimum Gasteiger partial charge on any atom is -0.452 e. The van der Waals surface area contributed by atoms with E-state index in [9.17, 15) is 10.5 Å². The van der Waals surface area contributed by atoms with Gasteiger partial charge in [-0.3, -0.25) is 0 Å². The minimum atomic E-state index is 0.544. The third kappa shape index (κ3) is 4.07. The van der Waals surface area contributed by atoms with E-state index in [2.05, 4.69) is 57.9 Å². The number of aromatic nitrogens is 1. The molecule has 0 spiro atoms. The van der Waals surface area contributed by atoms with Crippen molar-refractivity contribution >= 4 is 71.4 Å². The number of nitriles is 2. The van der Waals surface area contributed by atoms with E-state index in [0.717, 1.165) is 82.5 Å². The molecule has 0 aliphatic rings. The van der Waals surface area contributed by atoms with Crippen molar-refractivity contribution in [1.29, 1.82) is 10.5 Å². The topological polar surface area (TPSA) is 83.1 Å².